The van der Waals surface area contributed by atoms with Gasteiger partial charge in [-0.3, -0.25) is 4.79 Å². The van der Waals surface area contributed by atoms with Gasteiger partial charge in [0, 0.05) is 18.7 Å². The average Bonchev–Trinajstić information content (AvgIpc) is 3.12. The van der Waals surface area contributed by atoms with Crippen molar-refractivity contribution in [1.29, 1.82) is 0 Å². The van der Waals surface area contributed by atoms with Crippen LogP contribution < -0.4 is 10.6 Å². The van der Waals surface area contributed by atoms with Gasteiger partial charge in [0.1, 0.15) is 29.2 Å². The molecule has 136 valence electrons. The van der Waals surface area contributed by atoms with Crippen molar-refractivity contribution in [2.45, 2.75) is 6.92 Å². The molecule has 0 bridgehead atoms. The van der Waals surface area contributed by atoms with Crippen molar-refractivity contribution in [3.05, 3.63) is 49.3 Å². The Morgan fingerprint density at radius 3 is 2.74 bits per heavy atom. The van der Waals surface area contributed by atoms with Crippen LogP contribution in [0.4, 0.5) is 17.3 Å². The van der Waals surface area contributed by atoms with Crippen LogP contribution in [0.2, 0.25) is 0 Å². The third kappa shape index (κ3) is 3.82. The second-order valence-electron chi connectivity index (χ2n) is 5.46. The third-order valence-corrected chi connectivity index (χ3v) is 3.61. The molecule has 0 saturated heterocycles. The van der Waals surface area contributed by atoms with E-state index in [4.69, 9.17) is 0 Å². The predicted molar refractivity (Wildman–Crippen MR) is 104 cm³/mol. The number of H-pyrrole nitrogens is 1. The number of nitrogens with one attached hydrogen (secondary N) is 3. The van der Waals surface area contributed by atoms with Gasteiger partial charge >= 0.3 is 0 Å². The van der Waals surface area contributed by atoms with Crippen LogP contribution >= 0.6 is 12.4 Å². The van der Waals surface area contributed by atoms with E-state index in [0.717, 1.165) is 11.3 Å². The lowest BCUT2D eigenvalue weighted by Gasteiger charge is -2.11. The lowest BCUT2D eigenvalue weighted by molar-refractivity contribution is -0.114. The Morgan fingerprint density at radius 1 is 1.07 bits per heavy atom. The molecule has 9 nitrogen and oxygen atoms in total. The number of carbonyl (C=O) groups is 1. The molecule has 10 heteroatoms. The third-order valence-electron chi connectivity index (χ3n) is 3.61. The summed E-state index contributed by atoms with van der Waals surface area (Å²) in [5.41, 5.74) is 3.52. The van der Waals surface area contributed by atoms with Crippen LogP contribution in [0.1, 0.15) is 6.92 Å². The molecule has 4 heterocycles. The first-order chi connectivity index (χ1) is 12.7. The Morgan fingerprint density at radius 2 is 1.96 bits per heavy atom. The summed E-state index contributed by atoms with van der Waals surface area (Å²) in [4.78, 5) is 35.5. The van der Waals surface area contributed by atoms with Crippen LogP contribution in [-0.4, -0.2) is 35.8 Å². The van der Waals surface area contributed by atoms with Gasteiger partial charge in [-0.25, -0.2) is 24.9 Å². The zero-order valence-corrected chi connectivity index (χ0v) is 15.0. The summed E-state index contributed by atoms with van der Waals surface area (Å²) < 4.78 is 0. The molecular weight excluding hydrogens is 368 g/mol. The number of aromatic amines is 1. The molecule has 0 aliphatic rings. The maximum Gasteiger partial charge on any atom is 0.222 e. The van der Waals surface area contributed by atoms with Gasteiger partial charge in [-0.2, -0.15) is 0 Å². The number of anilines is 3. The summed E-state index contributed by atoms with van der Waals surface area (Å²) in [6.07, 6.45) is 6.37. The lowest BCUT2D eigenvalue weighted by atomic mass is 10.1. The van der Waals surface area contributed by atoms with Gasteiger partial charge in [-0.15, -0.1) is 12.4 Å². The monoisotopic (exact) mass is 382 g/mol. The van der Waals surface area contributed by atoms with Crippen molar-refractivity contribution in [2.75, 3.05) is 10.6 Å². The first-order valence-electron chi connectivity index (χ1n) is 7.81. The minimum absolute atomic E-state index is 0. The van der Waals surface area contributed by atoms with Crippen LogP contribution in [0.3, 0.4) is 0 Å². The maximum atomic E-state index is 11.1. The van der Waals surface area contributed by atoms with Crippen LogP contribution in [0, 0.1) is 0 Å². The van der Waals surface area contributed by atoms with Gasteiger partial charge in [0.25, 0.3) is 0 Å². The molecule has 4 aromatic heterocycles. The number of carbonyl (C=O) groups excluding carboxylic acids is 1. The number of amides is 1. The molecule has 0 spiro atoms. The molecule has 0 aliphatic heterocycles. The normalized spacial score (nSPS) is 10.3. The Kier molecular flexibility index (Phi) is 5.23. The van der Waals surface area contributed by atoms with Gasteiger partial charge in [0.05, 0.1) is 18.2 Å². The number of nitrogens with zero attached hydrogens (tertiary/aromatic N) is 5. The van der Waals surface area contributed by atoms with E-state index in [9.17, 15) is 4.79 Å². The van der Waals surface area contributed by atoms with E-state index < -0.39 is 0 Å². The molecule has 0 radical (unpaired) electrons. The Hall–Kier alpha value is -3.59. The van der Waals surface area contributed by atoms with E-state index >= 15 is 0 Å². The Labute approximate surface area is 160 Å². The molecule has 4 rings (SSSR count). The van der Waals surface area contributed by atoms with Gasteiger partial charge in [0.15, 0.2) is 5.65 Å². The van der Waals surface area contributed by atoms with Crippen molar-refractivity contribution in [3.63, 3.8) is 0 Å². The van der Waals surface area contributed by atoms with Gasteiger partial charge in [-0.1, -0.05) is 0 Å². The molecule has 0 saturated carbocycles. The number of hydrogen-bond donors (Lipinski definition) is 3. The van der Waals surface area contributed by atoms with Crippen LogP contribution in [0.15, 0.2) is 49.3 Å². The highest BCUT2D eigenvalue weighted by atomic mass is 35.5. The molecule has 0 aromatic carbocycles. The highest BCUT2D eigenvalue weighted by Gasteiger charge is 2.13. The van der Waals surface area contributed by atoms with Crippen LogP contribution in [0.5, 0.6) is 0 Å². The van der Waals surface area contributed by atoms with E-state index in [2.05, 4.69) is 40.5 Å². The summed E-state index contributed by atoms with van der Waals surface area (Å²) in [5, 5.41) is 5.85. The minimum atomic E-state index is -0.169. The molecule has 1 amide bonds. The summed E-state index contributed by atoms with van der Waals surface area (Å²) >= 11 is 0. The second kappa shape index (κ2) is 7.75. The number of fused-ring (bicyclic) bond motifs is 1. The fraction of sp³-hybridized carbons (Fsp3) is 0.0588. The van der Waals surface area contributed by atoms with Gasteiger partial charge < -0.3 is 15.6 Å². The molecule has 0 aliphatic carbocycles. The Bertz CT molecular complexity index is 1080. The van der Waals surface area contributed by atoms with E-state index in [1.165, 1.54) is 13.3 Å². The number of halogens is 1. The van der Waals surface area contributed by atoms with Gasteiger partial charge in [0.2, 0.25) is 5.91 Å². The SMILES string of the molecule is CC(=O)Nc1ccc(Nc2ncccc2-c2ncnc3[nH]cnc23)cn1.Cl. The summed E-state index contributed by atoms with van der Waals surface area (Å²) in [6.45, 7) is 1.44. The van der Waals surface area contributed by atoms with E-state index in [0.29, 0.717) is 28.5 Å². The second-order valence-corrected chi connectivity index (χ2v) is 5.46. The topological polar surface area (TPSA) is 121 Å². The lowest BCUT2D eigenvalue weighted by Crippen LogP contribution is -2.07. The molecule has 0 fully saturated rings. The first kappa shape index (κ1) is 18.2. The fourth-order valence-electron chi connectivity index (χ4n) is 2.52. The number of hydrogen-bond acceptors (Lipinski definition) is 7. The van der Waals surface area contributed by atoms with Crippen molar-refractivity contribution >= 4 is 46.8 Å². The highest BCUT2D eigenvalue weighted by Crippen LogP contribution is 2.30. The van der Waals surface area contributed by atoms with E-state index in [-0.39, 0.29) is 18.3 Å². The Balaban J connectivity index is 0.00000210. The van der Waals surface area contributed by atoms with Gasteiger partial charge in [-0.05, 0) is 24.3 Å². The smallest absolute Gasteiger partial charge is 0.222 e. The van der Waals surface area contributed by atoms with E-state index in [1.807, 2.05) is 12.1 Å². The van der Waals surface area contributed by atoms with Crippen molar-refractivity contribution in [3.8, 4) is 11.3 Å². The number of rotatable bonds is 4. The van der Waals surface area contributed by atoms with E-state index in [1.54, 1.807) is 30.9 Å². The summed E-state index contributed by atoms with van der Waals surface area (Å²) in [7, 11) is 0. The molecule has 0 atom stereocenters. The zero-order chi connectivity index (χ0) is 17.9. The number of aromatic nitrogens is 6. The van der Waals surface area contributed by atoms with Crippen LogP contribution in [0.25, 0.3) is 22.4 Å². The molecule has 4 aromatic rings. The molecule has 0 unspecified atom stereocenters. The standard InChI is InChI=1S/C17H14N8O.ClH/c1-10(26)24-13-5-4-11(7-19-13)25-16-12(3-2-6-18-16)14-15-17(22-8-20-14)23-9-21-15;/h2-9H,1H3,(H,18,25)(H,19,24,26)(H,20,21,22,23);1H. The fourth-order valence-corrected chi connectivity index (χ4v) is 2.52. The average molecular weight is 383 g/mol. The quantitative estimate of drug-likeness (QED) is 0.496. The van der Waals surface area contributed by atoms with Crippen molar-refractivity contribution in [2.24, 2.45) is 0 Å². The highest BCUT2D eigenvalue weighted by molar-refractivity contribution is 5.91. The molecular formula is C17H15ClN8O. The number of imidazole rings is 1. The first-order valence-corrected chi connectivity index (χ1v) is 7.81. The zero-order valence-electron chi connectivity index (χ0n) is 14.2. The summed E-state index contributed by atoms with van der Waals surface area (Å²) in [6, 6.07) is 7.26. The summed E-state index contributed by atoms with van der Waals surface area (Å²) in [5.74, 6) is 0.930. The predicted octanol–water partition coefficient (Wildman–Crippen LogP) is 2.93. The molecule has 3 N–H and O–H groups in total. The largest absolute Gasteiger partial charge is 0.338 e. The maximum absolute atomic E-state index is 11.1. The van der Waals surface area contributed by atoms with Crippen molar-refractivity contribution < 1.29 is 4.79 Å². The minimum Gasteiger partial charge on any atom is -0.338 e. The molecule has 27 heavy (non-hydrogen) atoms. The van der Waals surface area contributed by atoms with Crippen LogP contribution in [-0.2, 0) is 4.79 Å². The van der Waals surface area contributed by atoms with Crippen molar-refractivity contribution in [1.82, 2.24) is 29.9 Å². The number of pyridine rings is 2.